The molecule has 0 spiro atoms. The summed E-state index contributed by atoms with van der Waals surface area (Å²) in [6.45, 7) is 6.42. The molecule has 2 N–H and O–H groups in total. The summed E-state index contributed by atoms with van der Waals surface area (Å²) < 4.78 is 5.78. The molecular formula is C21H27N3O3. The molecule has 2 aromatic rings. The third kappa shape index (κ3) is 6.33. The summed E-state index contributed by atoms with van der Waals surface area (Å²) in [4.78, 5) is 25.1. The maximum atomic E-state index is 12.2. The molecule has 0 fully saturated rings. The summed E-state index contributed by atoms with van der Waals surface area (Å²) in [5.41, 5.74) is 2.23. The summed E-state index contributed by atoms with van der Waals surface area (Å²) in [6.07, 6.45) is 0. The fourth-order valence-electron chi connectivity index (χ4n) is 2.33. The number of nitrogens with zero attached hydrogens (tertiary/aromatic N) is 1. The van der Waals surface area contributed by atoms with Gasteiger partial charge in [-0.05, 0) is 42.3 Å². The number of benzene rings is 2. The molecule has 2 amide bonds. The lowest BCUT2D eigenvalue weighted by Gasteiger charge is -2.16. The maximum Gasteiger partial charge on any atom is 0.243 e. The van der Waals surface area contributed by atoms with E-state index in [1.165, 1.54) is 6.92 Å². The van der Waals surface area contributed by atoms with Gasteiger partial charge >= 0.3 is 0 Å². The van der Waals surface area contributed by atoms with Crippen LogP contribution in [0.4, 0.5) is 17.1 Å². The third-order valence-corrected chi connectivity index (χ3v) is 3.91. The zero-order valence-corrected chi connectivity index (χ0v) is 16.3. The first kappa shape index (κ1) is 20.3. The molecule has 0 unspecified atom stereocenters. The third-order valence-electron chi connectivity index (χ3n) is 3.91. The van der Waals surface area contributed by atoms with Crippen molar-refractivity contribution in [2.75, 3.05) is 35.7 Å². The summed E-state index contributed by atoms with van der Waals surface area (Å²) in [5.74, 6) is 0.942. The second-order valence-corrected chi connectivity index (χ2v) is 6.73. The minimum absolute atomic E-state index is 0.0469. The highest BCUT2D eigenvalue weighted by Crippen LogP contribution is 2.24. The molecule has 144 valence electrons. The molecule has 0 aliphatic rings. The van der Waals surface area contributed by atoms with Crippen molar-refractivity contribution < 1.29 is 14.3 Å². The number of anilines is 3. The fourth-order valence-corrected chi connectivity index (χ4v) is 2.33. The van der Waals surface area contributed by atoms with E-state index < -0.39 is 0 Å². The van der Waals surface area contributed by atoms with Crippen molar-refractivity contribution in [2.24, 2.45) is 5.92 Å². The van der Waals surface area contributed by atoms with E-state index in [0.717, 1.165) is 17.1 Å². The summed E-state index contributed by atoms with van der Waals surface area (Å²) in [5, 5.41) is 5.94. The zero-order valence-electron chi connectivity index (χ0n) is 16.3. The Kier molecular flexibility index (Phi) is 7.23. The molecule has 0 atom stereocenters. The Bertz CT molecular complexity index is 772. The van der Waals surface area contributed by atoms with Gasteiger partial charge in [0.2, 0.25) is 11.8 Å². The Labute approximate surface area is 160 Å². The van der Waals surface area contributed by atoms with Crippen molar-refractivity contribution in [1.82, 2.24) is 0 Å². The lowest BCUT2D eigenvalue weighted by atomic mass is 10.2. The maximum absolute atomic E-state index is 12.2. The quantitative estimate of drug-likeness (QED) is 0.743. The van der Waals surface area contributed by atoms with Crippen LogP contribution >= 0.6 is 0 Å². The van der Waals surface area contributed by atoms with Crippen molar-refractivity contribution in [3.8, 4) is 5.75 Å². The van der Waals surface area contributed by atoms with Crippen LogP contribution in [-0.4, -0.2) is 32.0 Å². The number of para-hydroxylation sites is 2. The Balaban J connectivity index is 1.90. The largest absolute Gasteiger partial charge is 0.491 e. The molecule has 0 radical (unpaired) electrons. The van der Waals surface area contributed by atoms with Crippen LogP contribution in [0.2, 0.25) is 0 Å². The van der Waals surface area contributed by atoms with Crippen LogP contribution in [-0.2, 0) is 9.59 Å². The molecule has 0 heterocycles. The minimum atomic E-state index is -0.165. The van der Waals surface area contributed by atoms with Crippen LogP contribution in [0.15, 0.2) is 48.5 Å². The summed E-state index contributed by atoms with van der Waals surface area (Å²) in [7, 11) is 1.71. The molecular weight excluding hydrogens is 342 g/mol. The second kappa shape index (κ2) is 9.62. The highest BCUT2D eigenvalue weighted by molar-refractivity contribution is 5.95. The van der Waals surface area contributed by atoms with Crippen LogP contribution in [0.3, 0.4) is 0 Å². The van der Waals surface area contributed by atoms with Gasteiger partial charge in [0, 0.05) is 25.3 Å². The predicted octanol–water partition coefficient (Wildman–Crippen LogP) is 3.75. The molecule has 0 bridgehead atoms. The number of carbonyl (C=O) groups is 2. The van der Waals surface area contributed by atoms with Gasteiger partial charge in [0.25, 0.3) is 0 Å². The van der Waals surface area contributed by atoms with Crippen molar-refractivity contribution >= 4 is 28.9 Å². The van der Waals surface area contributed by atoms with Crippen molar-refractivity contribution in [3.05, 3.63) is 48.5 Å². The standard InChI is InChI=1S/C21H27N3O3/c1-15(2)14-27-20-8-6-5-7-19(20)22-13-21(26)23-17-9-11-18(12-10-17)24(4)16(3)25/h5-12,15,22H,13-14H2,1-4H3,(H,23,26). The highest BCUT2D eigenvalue weighted by Gasteiger charge is 2.08. The first-order valence-corrected chi connectivity index (χ1v) is 8.96. The normalized spacial score (nSPS) is 10.4. The molecule has 0 aromatic heterocycles. The lowest BCUT2D eigenvalue weighted by Crippen LogP contribution is -2.23. The molecule has 0 aliphatic carbocycles. The van der Waals surface area contributed by atoms with Crippen molar-refractivity contribution in [1.29, 1.82) is 0 Å². The number of carbonyl (C=O) groups excluding carboxylic acids is 2. The van der Waals surface area contributed by atoms with Gasteiger partial charge in [-0.1, -0.05) is 26.0 Å². The van der Waals surface area contributed by atoms with E-state index >= 15 is 0 Å². The highest BCUT2D eigenvalue weighted by atomic mass is 16.5. The molecule has 6 nitrogen and oxygen atoms in total. The molecule has 0 saturated heterocycles. The average molecular weight is 369 g/mol. The van der Waals surface area contributed by atoms with Crippen molar-refractivity contribution in [2.45, 2.75) is 20.8 Å². The van der Waals surface area contributed by atoms with Crippen LogP contribution in [0.5, 0.6) is 5.75 Å². The molecule has 6 heteroatoms. The second-order valence-electron chi connectivity index (χ2n) is 6.73. The predicted molar refractivity (Wildman–Crippen MR) is 109 cm³/mol. The van der Waals surface area contributed by atoms with E-state index in [1.807, 2.05) is 24.3 Å². The van der Waals surface area contributed by atoms with Gasteiger partial charge in [-0.15, -0.1) is 0 Å². The smallest absolute Gasteiger partial charge is 0.243 e. The molecule has 0 aliphatic heterocycles. The zero-order chi connectivity index (χ0) is 19.8. The number of hydrogen-bond donors (Lipinski definition) is 2. The fraction of sp³-hybridized carbons (Fsp3) is 0.333. The van der Waals surface area contributed by atoms with Crippen LogP contribution in [0.25, 0.3) is 0 Å². The Morgan fingerprint density at radius 2 is 1.74 bits per heavy atom. The summed E-state index contributed by atoms with van der Waals surface area (Å²) in [6, 6.07) is 14.7. The SMILES string of the molecule is CC(=O)N(C)c1ccc(NC(=O)CNc2ccccc2OCC(C)C)cc1. The molecule has 0 saturated carbocycles. The van der Waals surface area contributed by atoms with Gasteiger partial charge < -0.3 is 20.3 Å². The van der Waals surface area contributed by atoms with Crippen LogP contribution in [0, 0.1) is 5.92 Å². The van der Waals surface area contributed by atoms with E-state index in [0.29, 0.717) is 18.2 Å². The first-order valence-electron chi connectivity index (χ1n) is 8.96. The van der Waals surface area contributed by atoms with Gasteiger partial charge in [-0.3, -0.25) is 9.59 Å². The topological polar surface area (TPSA) is 70.7 Å². The molecule has 27 heavy (non-hydrogen) atoms. The molecule has 2 rings (SSSR count). The number of rotatable bonds is 8. The average Bonchev–Trinajstić information content (AvgIpc) is 2.65. The Morgan fingerprint density at radius 3 is 2.37 bits per heavy atom. The van der Waals surface area contributed by atoms with Crippen molar-refractivity contribution in [3.63, 3.8) is 0 Å². The molecule has 2 aromatic carbocycles. The van der Waals surface area contributed by atoms with Gasteiger partial charge in [-0.2, -0.15) is 0 Å². The van der Waals surface area contributed by atoms with E-state index in [-0.39, 0.29) is 18.4 Å². The number of hydrogen-bond acceptors (Lipinski definition) is 4. The van der Waals surface area contributed by atoms with Gasteiger partial charge in [0.15, 0.2) is 0 Å². The van der Waals surface area contributed by atoms with Crippen LogP contribution < -0.4 is 20.3 Å². The Morgan fingerprint density at radius 1 is 1.07 bits per heavy atom. The van der Waals surface area contributed by atoms with E-state index in [2.05, 4.69) is 24.5 Å². The van der Waals surface area contributed by atoms with Gasteiger partial charge in [0.1, 0.15) is 5.75 Å². The van der Waals surface area contributed by atoms with E-state index in [9.17, 15) is 9.59 Å². The number of amides is 2. The van der Waals surface area contributed by atoms with E-state index in [1.54, 1.807) is 36.2 Å². The van der Waals surface area contributed by atoms with Crippen LogP contribution in [0.1, 0.15) is 20.8 Å². The number of ether oxygens (including phenoxy) is 1. The lowest BCUT2D eigenvalue weighted by molar-refractivity contribution is -0.116. The number of nitrogens with one attached hydrogen (secondary N) is 2. The summed E-state index contributed by atoms with van der Waals surface area (Å²) >= 11 is 0. The van der Waals surface area contributed by atoms with Gasteiger partial charge in [-0.25, -0.2) is 0 Å². The Hall–Kier alpha value is -3.02. The van der Waals surface area contributed by atoms with E-state index in [4.69, 9.17) is 4.74 Å². The van der Waals surface area contributed by atoms with Gasteiger partial charge in [0.05, 0.1) is 18.8 Å². The first-order chi connectivity index (χ1) is 12.9. The monoisotopic (exact) mass is 369 g/mol. The minimum Gasteiger partial charge on any atom is -0.491 e.